The maximum absolute atomic E-state index is 4.52. The van der Waals surface area contributed by atoms with Gasteiger partial charge in [-0.3, -0.25) is 0 Å². The van der Waals surface area contributed by atoms with E-state index in [-0.39, 0.29) is 0 Å². The van der Waals surface area contributed by atoms with Crippen molar-refractivity contribution in [1.29, 1.82) is 0 Å². The highest BCUT2D eigenvalue weighted by molar-refractivity contribution is 7.78. The van der Waals surface area contributed by atoms with Crippen molar-refractivity contribution in [1.82, 2.24) is 0 Å². The summed E-state index contributed by atoms with van der Waals surface area (Å²) >= 11 is 4.52. The second kappa shape index (κ2) is 4.90. The molecule has 1 aromatic rings. The second-order valence-corrected chi connectivity index (χ2v) is 3.29. The topological polar surface area (TPSA) is 12.4 Å². The van der Waals surface area contributed by atoms with E-state index in [0.29, 0.717) is 5.92 Å². The van der Waals surface area contributed by atoms with E-state index in [4.69, 9.17) is 0 Å². The third-order valence-corrected chi connectivity index (χ3v) is 2.34. The highest BCUT2D eigenvalue weighted by atomic mass is 32.1. The minimum Gasteiger partial charge on any atom is -0.195 e. The number of thiocarbonyl (C=S) groups is 1. The summed E-state index contributed by atoms with van der Waals surface area (Å²) in [7, 11) is 0. The van der Waals surface area contributed by atoms with Crippen LogP contribution in [-0.4, -0.2) is 5.16 Å². The van der Waals surface area contributed by atoms with Gasteiger partial charge in [0.05, 0.1) is 10.8 Å². The smallest absolute Gasteiger partial charge is 0.0739 e. The Morgan fingerprint density at radius 1 is 1.38 bits per heavy atom. The summed E-state index contributed by atoms with van der Waals surface area (Å²) in [5.41, 5.74) is 2.23. The molecule has 0 radical (unpaired) electrons. The summed E-state index contributed by atoms with van der Waals surface area (Å²) in [5.74, 6) is 0.616. The van der Waals surface area contributed by atoms with Gasteiger partial charge < -0.3 is 0 Å². The van der Waals surface area contributed by atoms with Crippen LogP contribution in [0.15, 0.2) is 29.3 Å². The molecule has 0 spiro atoms. The molecule has 0 amide bonds. The van der Waals surface area contributed by atoms with Crippen LogP contribution in [0.2, 0.25) is 0 Å². The predicted molar refractivity (Wildman–Crippen MR) is 59.8 cm³/mol. The van der Waals surface area contributed by atoms with E-state index in [2.05, 4.69) is 48.4 Å². The van der Waals surface area contributed by atoms with Gasteiger partial charge in [0.2, 0.25) is 0 Å². The van der Waals surface area contributed by atoms with E-state index in [1.165, 1.54) is 5.56 Å². The zero-order valence-corrected chi connectivity index (χ0v) is 8.77. The van der Waals surface area contributed by atoms with Gasteiger partial charge >= 0.3 is 0 Å². The molecule has 0 heterocycles. The Balaban J connectivity index is 2.86. The second-order valence-electron chi connectivity index (χ2n) is 3.10. The van der Waals surface area contributed by atoms with Crippen molar-refractivity contribution in [2.24, 2.45) is 4.99 Å². The van der Waals surface area contributed by atoms with E-state index in [0.717, 1.165) is 12.1 Å². The molecule has 0 aliphatic carbocycles. The third-order valence-electron chi connectivity index (χ3n) is 2.25. The van der Waals surface area contributed by atoms with Crippen molar-refractivity contribution in [2.75, 3.05) is 0 Å². The van der Waals surface area contributed by atoms with E-state index in [9.17, 15) is 0 Å². The van der Waals surface area contributed by atoms with Crippen LogP contribution in [-0.2, 0) is 0 Å². The highest BCUT2D eigenvalue weighted by Crippen LogP contribution is 2.21. The van der Waals surface area contributed by atoms with Crippen molar-refractivity contribution in [2.45, 2.75) is 26.2 Å². The molecule has 0 bridgehead atoms. The van der Waals surface area contributed by atoms with Crippen LogP contribution < -0.4 is 0 Å². The van der Waals surface area contributed by atoms with Crippen LogP contribution in [0.3, 0.4) is 0 Å². The lowest BCUT2D eigenvalue weighted by Crippen LogP contribution is -1.89. The largest absolute Gasteiger partial charge is 0.195 e. The van der Waals surface area contributed by atoms with E-state index < -0.39 is 0 Å². The van der Waals surface area contributed by atoms with Gasteiger partial charge in [-0.2, -0.15) is 4.99 Å². The molecular formula is C11H13NS. The normalized spacial score (nSPS) is 11.8. The first-order chi connectivity index (χ1) is 6.27. The number of nitrogens with zero attached hydrogens (tertiary/aromatic N) is 1. The first kappa shape index (κ1) is 10.1. The Hall–Kier alpha value is -0.980. The lowest BCUT2D eigenvalue weighted by molar-refractivity contribution is 0.734. The maximum Gasteiger partial charge on any atom is 0.0739 e. The van der Waals surface area contributed by atoms with Gasteiger partial charge in [-0.1, -0.05) is 26.0 Å². The molecule has 68 valence electrons. The monoisotopic (exact) mass is 191 g/mol. The summed E-state index contributed by atoms with van der Waals surface area (Å²) in [5, 5.41) is 2.35. The minimum atomic E-state index is 0.616. The van der Waals surface area contributed by atoms with Gasteiger partial charge in [0, 0.05) is 0 Å². The van der Waals surface area contributed by atoms with Gasteiger partial charge in [0.1, 0.15) is 0 Å². The fourth-order valence-electron chi connectivity index (χ4n) is 1.17. The number of aliphatic imine (C=N–C) groups is 1. The number of benzene rings is 1. The quantitative estimate of drug-likeness (QED) is 0.521. The molecule has 0 aromatic heterocycles. The van der Waals surface area contributed by atoms with E-state index >= 15 is 0 Å². The molecule has 0 aliphatic rings. The number of hydrogen-bond donors (Lipinski definition) is 0. The Morgan fingerprint density at radius 3 is 2.46 bits per heavy atom. The van der Waals surface area contributed by atoms with Gasteiger partial charge in [-0.05, 0) is 42.3 Å². The van der Waals surface area contributed by atoms with Gasteiger partial charge in [0.25, 0.3) is 0 Å². The molecule has 0 saturated heterocycles. The molecular weight excluding hydrogens is 178 g/mol. The van der Waals surface area contributed by atoms with Gasteiger partial charge in [0.15, 0.2) is 0 Å². The molecule has 1 unspecified atom stereocenters. The van der Waals surface area contributed by atoms with Crippen molar-refractivity contribution in [3.63, 3.8) is 0 Å². The fourth-order valence-corrected chi connectivity index (χ4v) is 1.27. The van der Waals surface area contributed by atoms with Crippen molar-refractivity contribution in [3.8, 4) is 0 Å². The van der Waals surface area contributed by atoms with Gasteiger partial charge in [-0.15, -0.1) is 0 Å². The standard InChI is InChI=1S/C11H13NS/c1-3-9(2)10-4-6-11(7-5-10)12-8-13/h4-7,9H,3H2,1-2H3. The first-order valence-electron chi connectivity index (χ1n) is 4.45. The molecule has 0 N–H and O–H groups in total. The SMILES string of the molecule is CCC(C)c1ccc(N=C=S)cc1. The first-order valence-corrected chi connectivity index (χ1v) is 4.86. The Kier molecular flexibility index (Phi) is 3.81. The van der Waals surface area contributed by atoms with Crippen LogP contribution in [0.4, 0.5) is 5.69 Å². The van der Waals surface area contributed by atoms with Crippen molar-refractivity contribution < 1.29 is 0 Å². The Labute approximate surface area is 84.5 Å². The lowest BCUT2D eigenvalue weighted by Gasteiger charge is -2.07. The van der Waals surface area contributed by atoms with Crippen LogP contribution in [0, 0.1) is 0 Å². The lowest BCUT2D eigenvalue weighted by atomic mass is 9.99. The molecule has 0 saturated carbocycles. The fraction of sp³-hybridized carbons (Fsp3) is 0.364. The summed E-state index contributed by atoms with van der Waals surface area (Å²) < 4.78 is 0. The van der Waals surface area contributed by atoms with E-state index in [1.54, 1.807) is 0 Å². The number of isothiocyanates is 1. The molecule has 0 aliphatic heterocycles. The van der Waals surface area contributed by atoms with Crippen LogP contribution in [0.1, 0.15) is 31.7 Å². The molecule has 1 aromatic carbocycles. The third kappa shape index (κ3) is 2.76. The summed E-state index contributed by atoms with van der Waals surface area (Å²) in [6.45, 7) is 4.41. The summed E-state index contributed by atoms with van der Waals surface area (Å²) in [6, 6.07) is 8.14. The maximum atomic E-state index is 4.52. The number of hydrogen-bond acceptors (Lipinski definition) is 2. The van der Waals surface area contributed by atoms with Crippen LogP contribution >= 0.6 is 12.2 Å². The molecule has 1 rings (SSSR count). The van der Waals surface area contributed by atoms with Crippen LogP contribution in [0.25, 0.3) is 0 Å². The zero-order valence-electron chi connectivity index (χ0n) is 7.95. The molecule has 0 fully saturated rings. The predicted octanol–water partition coefficient (Wildman–Crippen LogP) is 3.93. The minimum absolute atomic E-state index is 0.616. The van der Waals surface area contributed by atoms with Crippen LogP contribution in [0.5, 0.6) is 0 Å². The molecule has 13 heavy (non-hydrogen) atoms. The molecule has 1 atom stereocenters. The average molecular weight is 191 g/mol. The average Bonchev–Trinajstić information content (AvgIpc) is 2.18. The van der Waals surface area contributed by atoms with E-state index in [1.807, 2.05) is 12.1 Å². The van der Waals surface area contributed by atoms with Crippen molar-refractivity contribution >= 4 is 23.1 Å². The zero-order chi connectivity index (χ0) is 9.68. The number of rotatable bonds is 3. The highest BCUT2D eigenvalue weighted by Gasteiger charge is 2.01. The Morgan fingerprint density at radius 2 is 2.00 bits per heavy atom. The summed E-state index contributed by atoms with van der Waals surface area (Å²) in [4.78, 5) is 3.90. The van der Waals surface area contributed by atoms with Crippen molar-refractivity contribution in [3.05, 3.63) is 29.8 Å². The Bertz CT molecular complexity index is 309. The van der Waals surface area contributed by atoms with Gasteiger partial charge in [-0.25, -0.2) is 0 Å². The summed E-state index contributed by atoms with van der Waals surface area (Å²) in [6.07, 6.45) is 1.16. The molecule has 1 nitrogen and oxygen atoms in total. The molecule has 2 heteroatoms.